The summed E-state index contributed by atoms with van der Waals surface area (Å²) < 4.78 is 21.7. The number of hydrogen-bond donors (Lipinski definition) is 1. The third-order valence-electron chi connectivity index (χ3n) is 5.45. The second-order valence-corrected chi connectivity index (χ2v) is 7.26. The van der Waals surface area contributed by atoms with E-state index in [0.717, 1.165) is 45.0 Å². The lowest BCUT2D eigenvalue weighted by molar-refractivity contribution is 0.0369. The molecule has 0 saturated carbocycles. The highest BCUT2D eigenvalue weighted by Gasteiger charge is 2.17. The number of hydrogen-bond acceptors (Lipinski definition) is 4. The standard InChI is InChI=1S/C21H25FN4O3/c1-2-18-20-17(23-26(21(20)28)16-6-4-15(22)5-7-16)14-19(27)25(18)9-3-8-24-10-12-29-13-11-24/h4-7,14,23H,2-3,8-13H2,1H3. The van der Waals surface area contributed by atoms with Crippen LogP contribution >= 0.6 is 0 Å². The van der Waals surface area contributed by atoms with Crippen molar-refractivity contribution in [2.45, 2.75) is 26.3 Å². The van der Waals surface area contributed by atoms with Crippen molar-refractivity contribution in [2.75, 3.05) is 32.8 Å². The summed E-state index contributed by atoms with van der Waals surface area (Å²) in [7, 11) is 0. The largest absolute Gasteiger partial charge is 0.379 e. The Kier molecular flexibility index (Phi) is 5.64. The van der Waals surface area contributed by atoms with Gasteiger partial charge in [-0.05, 0) is 37.1 Å². The predicted molar refractivity (Wildman–Crippen MR) is 109 cm³/mol. The fourth-order valence-electron chi connectivity index (χ4n) is 3.97. The molecule has 0 unspecified atom stereocenters. The number of aryl methyl sites for hydroxylation is 1. The number of ether oxygens (including phenoxy) is 1. The molecule has 1 fully saturated rings. The lowest BCUT2D eigenvalue weighted by Gasteiger charge is -2.26. The van der Waals surface area contributed by atoms with Crippen molar-refractivity contribution in [2.24, 2.45) is 0 Å². The van der Waals surface area contributed by atoms with Gasteiger partial charge in [-0.2, -0.15) is 0 Å². The molecule has 0 amide bonds. The molecule has 7 nitrogen and oxygen atoms in total. The van der Waals surface area contributed by atoms with E-state index in [2.05, 4.69) is 10.00 Å². The second-order valence-electron chi connectivity index (χ2n) is 7.26. The fraction of sp³-hybridized carbons (Fsp3) is 0.429. The molecule has 1 aliphatic rings. The summed E-state index contributed by atoms with van der Waals surface area (Å²) in [6.45, 7) is 6.72. The van der Waals surface area contributed by atoms with Crippen LogP contribution in [0.3, 0.4) is 0 Å². The van der Waals surface area contributed by atoms with Gasteiger partial charge in [-0.15, -0.1) is 0 Å². The van der Waals surface area contributed by atoms with Crippen LogP contribution < -0.4 is 11.1 Å². The van der Waals surface area contributed by atoms with Crippen LogP contribution in [-0.4, -0.2) is 52.1 Å². The number of fused-ring (bicyclic) bond motifs is 1. The molecule has 8 heteroatoms. The monoisotopic (exact) mass is 400 g/mol. The quantitative estimate of drug-likeness (QED) is 0.686. The van der Waals surface area contributed by atoms with Crippen molar-refractivity contribution < 1.29 is 9.13 Å². The molecule has 0 radical (unpaired) electrons. The number of rotatable bonds is 6. The van der Waals surface area contributed by atoms with Gasteiger partial charge in [-0.1, -0.05) is 6.92 Å². The highest BCUT2D eigenvalue weighted by atomic mass is 19.1. The molecule has 1 N–H and O–H groups in total. The smallest absolute Gasteiger partial charge is 0.280 e. The van der Waals surface area contributed by atoms with Gasteiger partial charge in [-0.3, -0.25) is 19.6 Å². The number of aromatic amines is 1. The number of H-pyrrole nitrogens is 1. The Labute approximate surface area is 167 Å². The number of aromatic nitrogens is 3. The first-order valence-corrected chi connectivity index (χ1v) is 10.0. The minimum absolute atomic E-state index is 0.121. The molecule has 0 spiro atoms. The number of morpholine rings is 1. The molecule has 1 saturated heterocycles. The Balaban J connectivity index is 1.67. The molecule has 1 aromatic carbocycles. The van der Waals surface area contributed by atoms with Crippen molar-refractivity contribution in [1.82, 2.24) is 19.2 Å². The van der Waals surface area contributed by atoms with Crippen molar-refractivity contribution >= 4 is 10.9 Å². The van der Waals surface area contributed by atoms with Crippen LogP contribution in [0.15, 0.2) is 39.9 Å². The van der Waals surface area contributed by atoms with E-state index < -0.39 is 0 Å². The van der Waals surface area contributed by atoms with E-state index in [0.29, 0.717) is 29.6 Å². The molecule has 29 heavy (non-hydrogen) atoms. The summed E-state index contributed by atoms with van der Waals surface area (Å²) in [6, 6.07) is 7.15. The topological polar surface area (TPSA) is 72.3 Å². The lowest BCUT2D eigenvalue weighted by Crippen LogP contribution is -2.37. The van der Waals surface area contributed by atoms with Crippen molar-refractivity contribution in [1.29, 1.82) is 0 Å². The van der Waals surface area contributed by atoms with Crippen molar-refractivity contribution in [3.8, 4) is 5.69 Å². The number of pyridine rings is 1. The van der Waals surface area contributed by atoms with Crippen LogP contribution in [-0.2, 0) is 17.7 Å². The third-order valence-corrected chi connectivity index (χ3v) is 5.45. The summed E-state index contributed by atoms with van der Waals surface area (Å²) in [5.74, 6) is -0.368. The summed E-state index contributed by atoms with van der Waals surface area (Å²) in [6.07, 6.45) is 1.40. The van der Waals surface area contributed by atoms with E-state index >= 15 is 0 Å². The van der Waals surface area contributed by atoms with Gasteiger partial charge in [-0.25, -0.2) is 9.07 Å². The van der Waals surface area contributed by atoms with Crippen LogP contribution in [0.2, 0.25) is 0 Å². The number of halogens is 1. The molecule has 3 aromatic rings. The Morgan fingerprint density at radius 2 is 1.83 bits per heavy atom. The fourth-order valence-corrected chi connectivity index (χ4v) is 3.97. The average molecular weight is 400 g/mol. The van der Waals surface area contributed by atoms with Gasteiger partial charge in [0.25, 0.3) is 11.1 Å². The van der Waals surface area contributed by atoms with E-state index in [1.807, 2.05) is 6.92 Å². The molecule has 2 aromatic heterocycles. The SMILES string of the molecule is CCc1c2c(=O)n(-c3ccc(F)cc3)[nH]c2cc(=O)n1CCCN1CCOCC1. The van der Waals surface area contributed by atoms with Gasteiger partial charge in [0, 0.05) is 37.9 Å². The van der Waals surface area contributed by atoms with Crippen LogP contribution in [0.5, 0.6) is 0 Å². The van der Waals surface area contributed by atoms with Gasteiger partial charge < -0.3 is 9.30 Å². The Hall–Kier alpha value is -2.71. The second kappa shape index (κ2) is 8.34. The van der Waals surface area contributed by atoms with Gasteiger partial charge in [0.1, 0.15) is 5.82 Å². The molecular formula is C21H25FN4O3. The predicted octanol–water partition coefficient (Wildman–Crippen LogP) is 1.90. The summed E-state index contributed by atoms with van der Waals surface area (Å²) >= 11 is 0. The summed E-state index contributed by atoms with van der Waals surface area (Å²) in [4.78, 5) is 28.2. The van der Waals surface area contributed by atoms with Gasteiger partial charge in [0.15, 0.2) is 0 Å². The molecule has 154 valence electrons. The Bertz CT molecular complexity index is 1110. The van der Waals surface area contributed by atoms with E-state index in [1.165, 1.54) is 35.0 Å². The first-order valence-electron chi connectivity index (χ1n) is 10.0. The summed E-state index contributed by atoms with van der Waals surface area (Å²) in [5.41, 5.74) is 1.41. The molecule has 3 heterocycles. The highest BCUT2D eigenvalue weighted by Crippen LogP contribution is 2.16. The third kappa shape index (κ3) is 3.90. The van der Waals surface area contributed by atoms with Crippen LogP contribution in [0.4, 0.5) is 4.39 Å². The zero-order valence-electron chi connectivity index (χ0n) is 16.5. The van der Waals surface area contributed by atoms with E-state index in [-0.39, 0.29) is 16.9 Å². The molecule has 0 bridgehead atoms. The molecule has 0 atom stereocenters. The van der Waals surface area contributed by atoms with E-state index in [1.54, 1.807) is 4.57 Å². The van der Waals surface area contributed by atoms with Crippen LogP contribution in [0, 0.1) is 5.82 Å². The average Bonchev–Trinajstić information content (AvgIpc) is 3.05. The molecule has 0 aliphatic carbocycles. The molecular weight excluding hydrogens is 375 g/mol. The Morgan fingerprint density at radius 1 is 1.10 bits per heavy atom. The van der Waals surface area contributed by atoms with Gasteiger partial charge in [0.05, 0.1) is 29.8 Å². The lowest BCUT2D eigenvalue weighted by atomic mass is 10.2. The minimum atomic E-state index is -0.368. The van der Waals surface area contributed by atoms with Crippen molar-refractivity contribution in [3.05, 3.63) is 62.6 Å². The maximum atomic E-state index is 13.2. The minimum Gasteiger partial charge on any atom is -0.379 e. The maximum Gasteiger partial charge on any atom is 0.280 e. The van der Waals surface area contributed by atoms with Gasteiger partial charge in [0.2, 0.25) is 0 Å². The zero-order chi connectivity index (χ0) is 20.4. The number of benzene rings is 1. The van der Waals surface area contributed by atoms with Crippen LogP contribution in [0.1, 0.15) is 19.0 Å². The summed E-state index contributed by atoms with van der Waals surface area (Å²) in [5, 5.41) is 3.51. The first-order chi connectivity index (χ1) is 14.1. The van der Waals surface area contributed by atoms with E-state index in [4.69, 9.17) is 4.74 Å². The van der Waals surface area contributed by atoms with Crippen molar-refractivity contribution in [3.63, 3.8) is 0 Å². The molecule has 1 aliphatic heterocycles. The number of nitrogens with zero attached hydrogens (tertiary/aromatic N) is 3. The molecule has 4 rings (SSSR count). The Morgan fingerprint density at radius 3 is 2.52 bits per heavy atom. The van der Waals surface area contributed by atoms with E-state index in [9.17, 15) is 14.0 Å². The maximum absolute atomic E-state index is 13.2. The zero-order valence-corrected chi connectivity index (χ0v) is 16.5. The van der Waals surface area contributed by atoms with Gasteiger partial charge >= 0.3 is 0 Å². The number of nitrogens with one attached hydrogen (secondary N) is 1. The highest BCUT2D eigenvalue weighted by molar-refractivity contribution is 5.80. The first kappa shape index (κ1) is 19.6. The normalized spacial score (nSPS) is 15.2. The van der Waals surface area contributed by atoms with Crippen LogP contribution in [0.25, 0.3) is 16.6 Å².